The molecule has 444 valence electrons. The quantitative estimate of drug-likeness (QED) is 0.131. The van der Waals surface area contributed by atoms with Crippen molar-refractivity contribution >= 4 is 119 Å². The van der Waals surface area contributed by atoms with Crippen molar-refractivity contribution in [1.29, 1.82) is 0 Å². The molecule has 0 radical (unpaired) electrons. The normalized spacial score (nSPS) is 10.5. The third-order valence-corrected chi connectivity index (χ3v) is 14.1. The van der Waals surface area contributed by atoms with Gasteiger partial charge in [-0.2, -0.15) is 0 Å². The Bertz CT molecular complexity index is 4200. The number of aromatic nitrogens is 3. The van der Waals surface area contributed by atoms with E-state index in [0.29, 0.717) is 0 Å². The third kappa shape index (κ3) is 15.6. The summed E-state index contributed by atoms with van der Waals surface area (Å²) in [6.45, 7) is 32.2. The molecule has 0 unspecified atom stereocenters. The number of fused-ring (bicyclic) bond motifs is 16. The Kier molecular flexibility index (Phi) is 26.9. The first-order valence-corrected chi connectivity index (χ1v) is 32.5. The second-order valence-electron chi connectivity index (χ2n) is 22.0. The topological polar surface area (TPSA) is 38.7 Å². The molecule has 0 fully saturated rings. The lowest BCUT2D eigenvalue weighted by molar-refractivity contribution is 1.09. The van der Waals surface area contributed by atoms with Crippen molar-refractivity contribution in [2.45, 2.75) is 162 Å². The van der Waals surface area contributed by atoms with Gasteiger partial charge in [0.05, 0.1) is 33.1 Å². The molecule has 0 saturated carbocycles. The second-order valence-corrected chi connectivity index (χ2v) is 22.0. The number of rotatable bonds is 3. The summed E-state index contributed by atoms with van der Waals surface area (Å²) in [7, 11) is 0. The fourth-order valence-corrected chi connectivity index (χ4v) is 10.9. The molecule has 86 heavy (non-hydrogen) atoms. The molecular formula is C83H97N3. The fraction of sp³-hybridized carbons (Fsp3) is 0.289. The molecular weight excluding hydrogens is 1040 g/mol. The van der Waals surface area contributed by atoms with E-state index >= 15 is 0 Å². The molecule has 11 aromatic carbocycles. The average molecular weight is 1140 g/mol. The van der Waals surface area contributed by atoms with E-state index < -0.39 is 0 Å². The summed E-state index contributed by atoms with van der Waals surface area (Å²) in [5, 5.41) is 20.3. The van der Waals surface area contributed by atoms with Gasteiger partial charge in [-0.15, -0.1) is 0 Å². The van der Waals surface area contributed by atoms with Crippen LogP contribution in [-0.2, 0) is 19.3 Å². The lowest BCUT2D eigenvalue weighted by Gasteiger charge is -2.14. The van der Waals surface area contributed by atoms with Crippen LogP contribution in [0.1, 0.15) is 159 Å². The summed E-state index contributed by atoms with van der Waals surface area (Å²) < 4.78 is 0. The van der Waals surface area contributed by atoms with Gasteiger partial charge in [-0.3, -0.25) is 0 Å². The molecule has 0 aliphatic heterocycles. The molecule has 3 nitrogen and oxygen atoms in total. The Morgan fingerprint density at radius 1 is 0.198 bits per heavy atom. The van der Waals surface area contributed by atoms with Crippen molar-refractivity contribution < 1.29 is 0 Å². The first kappa shape index (κ1) is 66.9. The van der Waals surface area contributed by atoms with Crippen LogP contribution in [0.5, 0.6) is 0 Å². The monoisotopic (exact) mass is 1140 g/mol. The van der Waals surface area contributed by atoms with Crippen molar-refractivity contribution in [3.05, 3.63) is 223 Å². The fourth-order valence-electron chi connectivity index (χ4n) is 10.9. The largest absolute Gasteiger partial charge is 0.248 e. The summed E-state index contributed by atoms with van der Waals surface area (Å²) in [5.74, 6) is 0. The maximum absolute atomic E-state index is 5.14. The Morgan fingerprint density at radius 2 is 0.453 bits per heavy atom. The van der Waals surface area contributed by atoms with Gasteiger partial charge >= 0.3 is 0 Å². The van der Waals surface area contributed by atoms with Gasteiger partial charge in [0, 0.05) is 48.5 Å². The minimum atomic E-state index is 0.998. The first-order valence-electron chi connectivity index (χ1n) is 32.5. The van der Waals surface area contributed by atoms with Crippen LogP contribution in [0.15, 0.2) is 206 Å². The van der Waals surface area contributed by atoms with Crippen molar-refractivity contribution in [1.82, 2.24) is 15.0 Å². The van der Waals surface area contributed by atoms with Crippen LogP contribution >= 0.6 is 0 Å². The molecule has 3 heterocycles. The summed E-state index contributed by atoms with van der Waals surface area (Å²) in [6.07, 6.45) is 10.5. The molecule has 14 aromatic rings. The van der Waals surface area contributed by atoms with Gasteiger partial charge in [0.25, 0.3) is 0 Å². The number of hydrogen-bond acceptors (Lipinski definition) is 3. The predicted molar refractivity (Wildman–Crippen MR) is 389 cm³/mol. The Labute approximate surface area is 516 Å². The van der Waals surface area contributed by atoms with E-state index in [1.54, 1.807) is 0 Å². The van der Waals surface area contributed by atoms with Gasteiger partial charge in [-0.1, -0.05) is 330 Å². The SMILES string of the molecule is CCC.CCC.CCC.CCC.CCC.CCC.CCc1c2c(ccc3ccccc32)nc2ccc3ccccc3c12.CCc1c2ccc3ccccc3c2nc2c1ccc1ccccc12.CCc1c2ccccc2nc2c1ccc1ccccc12. The van der Waals surface area contributed by atoms with Crippen LogP contribution in [0.4, 0.5) is 0 Å². The maximum Gasteiger partial charge on any atom is 0.0791 e. The minimum absolute atomic E-state index is 0.998. The molecule has 0 saturated heterocycles. The van der Waals surface area contributed by atoms with Crippen LogP contribution in [0.25, 0.3) is 119 Å². The molecule has 0 atom stereocenters. The highest BCUT2D eigenvalue weighted by molar-refractivity contribution is 6.19. The van der Waals surface area contributed by atoms with E-state index in [0.717, 1.165) is 52.4 Å². The highest BCUT2D eigenvalue weighted by atomic mass is 14.7. The molecule has 3 aromatic heterocycles. The highest BCUT2D eigenvalue weighted by Crippen LogP contribution is 2.38. The van der Waals surface area contributed by atoms with Crippen LogP contribution < -0.4 is 0 Å². The Balaban J connectivity index is 0.000000182. The van der Waals surface area contributed by atoms with Crippen molar-refractivity contribution in [3.63, 3.8) is 0 Å². The number of aryl methyl sites for hydroxylation is 3. The molecule has 3 heteroatoms. The van der Waals surface area contributed by atoms with Crippen molar-refractivity contribution in [3.8, 4) is 0 Å². The van der Waals surface area contributed by atoms with Gasteiger partial charge in [-0.25, -0.2) is 15.0 Å². The number of hydrogen-bond donors (Lipinski definition) is 0. The van der Waals surface area contributed by atoms with Crippen molar-refractivity contribution in [2.75, 3.05) is 0 Å². The van der Waals surface area contributed by atoms with E-state index in [9.17, 15) is 0 Å². The van der Waals surface area contributed by atoms with Crippen LogP contribution in [0.3, 0.4) is 0 Å². The van der Waals surface area contributed by atoms with E-state index in [-0.39, 0.29) is 0 Å². The van der Waals surface area contributed by atoms with Gasteiger partial charge < -0.3 is 0 Å². The predicted octanol–water partition coefficient (Wildman–Crippen LogP) is 26.1. The number of benzene rings is 11. The van der Waals surface area contributed by atoms with Crippen LogP contribution in [-0.4, -0.2) is 15.0 Å². The highest BCUT2D eigenvalue weighted by Gasteiger charge is 2.15. The lowest BCUT2D eigenvalue weighted by Crippen LogP contribution is -1.93. The van der Waals surface area contributed by atoms with Gasteiger partial charge in [0.15, 0.2) is 0 Å². The number of nitrogens with zero attached hydrogens (tertiary/aromatic N) is 3. The Hall–Kier alpha value is -8.27. The summed E-state index contributed by atoms with van der Waals surface area (Å²) in [4.78, 5) is 15.0. The molecule has 0 amide bonds. The number of pyridine rings is 3. The van der Waals surface area contributed by atoms with Crippen molar-refractivity contribution in [2.24, 2.45) is 0 Å². The van der Waals surface area contributed by atoms with Crippen LogP contribution in [0, 0.1) is 0 Å². The summed E-state index contributed by atoms with van der Waals surface area (Å²) >= 11 is 0. The third-order valence-electron chi connectivity index (χ3n) is 14.1. The molecule has 0 N–H and O–H groups in total. The Morgan fingerprint density at radius 3 is 0.791 bits per heavy atom. The van der Waals surface area contributed by atoms with E-state index in [1.807, 2.05) is 0 Å². The molecule has 14 rings (SSSR count). The van der Waals surface area contributed by atoms with E-state index in [1.165, 1.54) is 141 Å². The smallest absolute Gasteiger partial charge is 0.0791 e. The zero-order chi connectivity index (χ0) is 62.0. The summed E-state index contributed by atoms with van der Waals surface area (Å²) in [6, 6.07) is 73.2. The zero-order valence-corrected chi connectivity index (χ0v) is 54.8. The van der Waals surface area contributed by atoms with E-state index in [2.05, 4.69) is 310 Å². The summed E-state index contributed by atoms with van der Waals surface area (Å²) in [5.41, 5.74) is 10.8. The molecule has 0 spiro atoms. The van der Waals surface area contributed by atoms with Gasteiger partial charge in [0.1, 0.15) is 0 Å². The minimum Gasteiger partial charge on any atom is -0.248 e. The van der Waals surface area contributed by atoms with Gasteiger partial charge in [0.2, 0.25) is 0 Å². The average Bonchev–Trinajstić information content (AvgIpc) is 0.927. The standard InChI is InChI=1S/2C23H17N.C19H15N.6C3H8/c1-2-17-22-18-9-5-3-7-15(18)11-13-20(22)24-21-14-12-16-8-4-6-10-19(16)23(17)21;1-2-17-20-13-11-15-7-3-5-9-18(15)22(20)24-23-19-10-6-4-8-16(19)12-14-21(17)23;1-2-14-16-9-5-6-10-18(16)20-19-15-8-4-3-7-13(15)11-12-17(14)19;6*1-3-2/h2*3-14H,2H2,1H3;3-12H,2H2,1H3;6*3H2,1-2H3. The molecule has 0 aliphatic carbocycles. The zero-order valence-electron chi connectivity index (χ0n) is 54.8. The first-order chi connectivity index (χ1) is 42.1. The van der Waals surface area contributed by atoms with Crippen LogP contribution in [0.2, 0.25) is 0 Å². The van der Waals surface area contributed by atoms with Gasteiger partial charge in [-0.05, 0) is 91.9 Å². The number of para-hydroxylation sites is 1. The lowest BCUT2D eigenvalue weighted by atomic mass is 9.93. The van der Waals surface area contributed by atoms with E-state index in [4.69, 9.17) is 15.0 Å². The second kappa shape index (κ2) is 34.6. The molecule has 0 aliphatic rings. The molecule has 0 bridgehead atoms. The maximum atomic E-state index is 5.14.